The summed E-state index contributed by atoms with van der Waals surface area (Å²) in [5, 5.41) is 2.95. The summed E-state index contributed by atoms with van der Waals surface area (Å²) in [7, 11) is 0. The fourth-order valence-corrected chi connectivity index (χ4v) is 3.91. The standard InChI is InChI=1S/C20H31N5O3/c1-3-4-6-9-21-19(27)17-16-8-5-7-10-25(16)18(22-17)20(28)24-13-11-23(12-14-24)15(2)26/h3-14H2,1-2H3,(H,21,27). The van der Waals surface area contributed by atoms with Crippen LogP contribution in [0.5, 0.6) is 0 Å². The van der Waals surface area contributed by atoms with Gasteiger partial charge in [0.15, 0.2) is 5.82 Å². The number of piperazine rings is 1. The van der Waals surface area contributed by atoms with Crippen LogP contribution in [0.1, 0.15) is 72.8 Å². The summed E-state index contributed by atoms with van der Waals surface area (Å²) >= 11 is 0. The highest BCUT2D eigenvalue weighted by molar-refractivity contribution is 5.97. The molecule has 2 aliphatic rings. The van der Waals surface area contributed by atoms with Crippen molar-refractivity contribution in [2.75, 3.05) is 32.7 Å². The second-order valence-corrected chi connectivity index (χ2v) is 7.60. The maximum Gasteiger partial charge on any atom is 0.290 e. The zero-order chi connectivity index (χ0) is 20.1. The average molecular weight is 390 g/mol. The van der Waals surface area contributed by atoms with E-state index in [0.29, 0.717) is 44.2 Å². The van der Waals surface area contributed by atoms with Gasteiger partial charge in [-0.2, -0.15) is 0 Å². The molecule has 8 nitrogen and oxygen atoms in total. The summed E-state index contributed by atoms with van der Waals surface area (Å²) in [5.41, 5.74) is 1.28. The first-order valence-electron chi connectivity index (χ1n) is 10.4. The molecular weight excluding hydrogens is 358 g/mol. The fraction of sp³-hybridized carbons (Fsp3) is 0.700. The van der Waals surface area contributed by atoms with Crippen molar-refractivity contribution >= 4 is 17.7 Å². The Morgan fingerprint density at radius 1 is 1.00 bits per heavy atom. The van der Waals surface area contributed by atoms with Crippen molar-refractivity contribution in [1.29, 1.82) is 0 Å². The summed E-state index contributed by atoms with van der Waals surface area (Å²) in [6.45, 7) is 7.11. The van der Waals surface area contributed by atoms with Crippen LogP contribution in [0.3, 0.4) is 0 Å². The summed E-state index contributed by atoms with van der Waals surface area (Å²) in [6.07, 6.45) is 5.90. The topological polar surface area (TPSA) is 87.5 Å². The molecule has 0 unspecified atom stereocenters. The molecule has 1 fully saturated rings. The van der Waals surface area contributed by atoms with Crippen LogP contribution in [0, 0.1) is 0 Å². The minimum Gasteiger partial charge on any atom is -0.351 e. The molecule has 0 radical (unpaired) electrons. The Labute approximate surface area is 166 Å². The fourth-order valence-electron chi connectivity index (χ4n) is 3.91. The van der Waals surface area contributed by atoms with Gasteiger partial charge in [0.2, 0.25) is 5.91 Å². The predicted octanol–water partition coefficient (Wildman–Crippen LogP) is 1.44. The van der Waals surface area contributed by atoms with E-state index in [0.717, 1.165) is 50.8 Å². The number of amides is 3. The van der Waals surface area contributed by atoms with Crippen molar-refractivity contribution in [3.63, 3.8) is 0 Å². The van der Waals surface area contributed by atoms with Crippen LogP contribution in [-0.4, -0.2) is 69.8 Å². The Morgan fingerprint density at radius 3 is 2.39 bits per heavy atom. The second kappa shape index (κ2) is 9.21. The van der Waals surface area contributed by atoms with Crippen molar-refractivity contribution < 1.29 is 14.4 Å². The van der Waals surface area contributed by atoms with Crippen molar-refractivity contribution in [3.8, 4) is 0 Å². The SMILES string of the molecule is CCCCCNC(=O)c1nc(C(=O)N2CCN(C(C)=O)CC2)n2c1CCCC2. The molecule has 0 saturated carbocycles. The van der Waals surface area contributed by atoms with Crippen LogP contribution in [-0.2, 0) is 17.8 Å². The van der Waals surface area contributed by atoms with E-state index in [-0.39, 0.29) is 17.7 Å². The number of unbranched alkanes of at least 4 members (excludes halogenated alkanes) is 2. The van der Waals surface area contributed by atoms with Gasteiger partial charge in [0.25, 0.3) is 11.8 Å². The smallest absolute Gasteiger partial charge is 0.290 e. The molecular formula is C20H31N5O3. The molecule has 154 valence electrons. The van der Waals surface area contributed by atoms with Gasteiger partial charge in [-0.15, -0.1) is 0 Å². The number of rotatable bonds is 6. The number of carbonyl (C=O) groups is 3. The third-order valence-corrected chi connectivity index (χ3v) is 5.60. The van der Waals surface area contributed by atoms with Crippen LogP contribution in [0.4, 0.5) is 0 Å². The van der Waals surface area contributed by atoms with Gasteiger partial charge in [0.05, 0.1) is 5.69 Å². The molecule has 3 rings (SSSR count). The van der Waals surface area contributed by atoms with Gasteiger partial charge in [-0.3, -0.25) is 14.4 Å². The van der Waals surface area contributed by atoms with Gasteiger partial charge in [-0.25, -0.2) is 4.98 Å². The number of carbonyl (C=O) groups excluding carboxylic acids is 3. The molecule has 1 N–H and O–H groups in total. The molecule has 1 saturated heterocycles. The molecule has 0 atom stereocenters. The third-order valence-electron chi connectivity index (χ3n) is 5.60. The summed E-state index contributed by atoms with van der Waals surface area (Å²) in [4.78, 5) is 45.2. The van der Waals surface area contributed by atoms with Gasteiger partial charge in [-0.05, 0) is 25.7 Å². The molecule has 3 amide bonds. The van der Waals surface area contributed by atoms with E-state index < -0.39 is 0 Å². The van der Waals surface area contributed by atoms with Crippen LogP contribution in [0.25, 0.3) is 0 Å². The van der Waals surface area contributed by atoms with Gasteiger partial charge < -0.3 is 19.7 Å². The first kappa shape index (κ1) is 20.4. The Kier molecular flexibility index (Phi) is 6.70. The van der Waals surface area contributed by atoms with Crippen LogP contribution >= 0.6 is 0 Å². The van der Waals surface area contributed by atoms with Crippen molar-refractivity contribution in [2.24, 2.45) is 0 Å². The molecule has 1 aromatic rings. The quantitative estimate of drug-likeness (QED) is 0.746. The molecule has 8 heteroatoms. The molecule has 0 bridgehead atoms. The third kappa shape index (κ3) is 4.36. The lowest BCUT2D eigenvalue weighted by Gasteiger charge is -2.34. The molecule has 1 aromatic heterocycles. The van der Waals surface area contributed by atoms with Crippen LogP contribution < -0.4 is 5.32 Å². The van der Waals surface area contributed by atoms with Crippen LogP contribution in [0.2, 0.25) is 0 Å². The molecule has 0 aliphatic carbocycles. The van der Waals surface area contributed by atoms with E-state index in [2.05, 4.69) is 17.2 Å². The van der Waals surface area contributed by atoms with E-state index >= 15 is 0 Å². The van der Waals surface area contributed by atoms with Crippen molar-refractivity contribution in [2.45, 2.75) is 58.9 Å². The van der Waals surface area contributed by atoms with E-state index in [4.69, 9.17) is 0 Å². The Morgan fingerprint density at radius 2 is 1.71 bits per heavy atom. The Balaban J connectivity index is 1.74. The minimum atomic E-state index is -0.179. The lowest BCUT2D eigenvalue weighted by molar-refractivity contribution is -0.130. The zero-order valence-electron chi connectivity index (χ0n) is 17.0. The molecule has 2 aliphatic heterocycles. The first-order chi connectivity index (χ1) is 13.5. The normalized spacial score (nSPS) is 16.6. The van der Waals surface area contributed by atoms with Crippen molar-refractivity contribution in [1.82, 2.24) is 24.7 Å². The minimum absolute atomic E-state index is 0.0346. The van der Waals surface area contributed by atoms with E-state index in [9.17, 15) is 14.4 Å². The zero-order valence-corrected chi connectivity index (χ0v) is 17.0. The monoisotopic (exact) mass is 389 g/mol. The van der Waals surface area contributed by atoms with Gasteiger partial charge in [0, 0.05) is 46.2 Å². The maximum absolute atomic E-state index is 13.1. The van der Waals surface area contributed by atoms with Crippen molar-refractivity contribution in [3.05, 3.63) is 17.2 Å². The van der Waals surface area contributed by atoms with Crippen LogP contribution in [0.15, 0.2) is 0 Å². The highest BCUT2D eigenvalue weighted by Gasteiger charge is 2.31. The number of nitrogens with one attached hydrogen (secondary N) is 1. The summed E-state index contributed by atoms with van der Waals surface area (Å²) in [5.74, 6) is 0.0792. The number of aromatic nitrogens is 2. The Hall–Kier alpha value is -2.38. The van der Waals surface area contributed by atoms with Gasteiger partial charge in [-0.1, -0.05) is 19.8 Å². The average Bonchev–Trinajstić information content (AvgIpc) is 3.10. The Bertz CT molecular complexity index is 734. The highest BCUT2D eigenvalue weighted by atomic mass is 16.2. The lowest BCUT2D eigenvalue weighted by Crippen LogP contribution is -2.50. The predicted molar refractivity (Wildman–Crippen MR) is 105 cm³/mol. The maximum atomic E-state index is 13.1. The highest BCUT2D eigenvalue weighted by Crippen LogP contribution is 2.22. The van der Waals surface area contributed by atoms with E-state index in [1.165, 1.54) is 0 Å². The summed E-state index contributed by atoms with van der Waals surface area (Å²) in [6, 6.07) is 0. The van der Waals surface area contributed by atoms with E-state index in [1.807, 2.05) is 4.57 Å². The number of imidazole rings is 1. The molecule has 0 spiro atoms. The molecule has 28 heavy (non-hydrogen) atoms. The molecule has 3 heterocycles. The molecule has 0 aromatic carbocycles. The largest absolute Gasteiger partial charge is 0.351 e. The number of hydrogen-bond acceptors (Lipinski definition) is 4. The van der Waals surface area contributed by atoms with Gasteiger partial charge >= 0.3 is 0 Å². The number of fused-ring (bicyclic) bond motifs is 1. The van der Waals surface area contributed by atoms with E-state index in [1.54, 1.807) is 16.7 Å². The number of nitrogens with zero attached hydrogens (tertiary/aromatic N) is 4. The number of hydrogen-bond donors (Lipinski definition) is 1. The second-order valence-electron chi connectivity index (χ2n) is 7.60. The van der Waals surface area contributed by atoms with Gasteiger partial charge in [0.1, 0.15) is 5.69 Å². The lowest BCUT2D eigenvalue weighted by atomic mass is 10.1. The first-order valence-corrected chi connectivity index (χ1v) is 10.4. The summed E-state index contributed by atoms with van der Waals surface area (Å²) < 4.78 is 1.93.